The maximum absolute atomic E-state index is 5.42. The Morgan fingerprint density at radius 2 is 2.10 bits per heavy atom. The molecule has 0 spiro atoms. The van der Waals surface area contributed by atoms with Gasteiger partial charge in [-0.3, -0.25) is 14.9 Å². The van der Waals surface area contributed by atoms with Crippen LogP contribution in [0.4, 0.5) is 0 Å². The van der Waals surface area contributed by atoms with Crippen LogP contribution in [0.15, 0.2) is 40.1 Å². The standard InChI is InChI=1S/C15H19N5O/c1-2-17-20-9-7-19(8-10-20)12-13-11-15(18-21-13)14-5-3-4-6-16-14/h2-6,11H,7-10,12H2,1H3/b17-2+. The fourth-order valence-electron chi connectivity index (χ4n) is 2.42. The zero-order valence-corrected chi connectivity index (χ0v) is 12.1. The number of piperazine rings is 1. The number of hydrazone groups is 1. The Morgan fingerprint density at radius 3 is 2.81 bits per heavy atom. The number of pyridine rings is 1. The van der Waals surface area contributed by atoms with E-state index in [0.29, 0.717) is 0 Å². The lowest BCUT2D eigenvalue weighted by Gasteiger charge is -2.32. The molecule has 0 atom stereocenters. The summed E-state index contributed by atoms with van der Waals surface area (Å²) in [5.74, 6) is 0.878. The van der Waals surface area contributed by atoms with Crippen LogP contribution in [0.25, 0.3) is 11.4 Å². The van der Waals surface area contributed by atoms with Crippen molar-refractivity contribution in [2.75, 3.05) is 26.2 Å². The molecule has 1 saturated heterocycles. The van der Waals surface area contributed by atoms with E-state index in [2.05, 4.69) is 25.2 Å². The third-order valence-electron chi connectivity index (χ3n) is 3.49. The van der Waals surface area contributed by atoms with Crippen LogP contribution < -0.4 is 0 Å². The molecule has 0 unspecified atom stereocenters. The first-order valence-electron chi connectivity index (χ1n) is 7.18. The first kappa shape index (κ1) is 13.8. The average Bonchev–Trinajstić information content (AvgIpc) is 2.99. The molecule has 0 bridgehead atoms. The van der Waals surface area contributed by atoms with E-state index in [-0.39, 0.29) is 0 Å². The van der Waals surface area contributed by atoms with E-state index >= 15 is 0 Å². The van der Waals surface area contributed by atoms with Crippen LogP contribution >= 0.6 is 0 Å². The van der Waals surface area contributed by atoms with E-state index in [4.69, 9.17) is 4.52 Å². The molecule has 6 heteroatoms. The van der Waals surface area contributed by atoms with Gasteiger partial charge in [0.15, 0.2) is 5.76 Å². The first-order chi connectivity index (χ1) is 10.3. The molecule has 1 aliphatic heterocycles. The van der Waals surface area contributed by atoms with Gasteiger partial charge in [-0.2, -0.15) is 5.10 Å². The van der Waals surface area contributed by atoms with Crippen molar-refractivity contribution in [1.82, 2.24) is 20.0 Å². The van der Waals surface area contributed by atoms with Crippen molar-refractivity contribution < 1.29 is 4.52 Å². The van der Waals surface area contributed by atoms with Crippen LogP contribution in [-0.2, 0) is 6.54 Å². The van der Waals surface area contributed by atoms with Crippen molar-refractivity contribution >= 4 is 6.21 Å². The molecule has 21 heavy (non-hydrogen) atoms. The highest BCUT2D eigenvalue weighted by Gasteiger charge is 2.17. The first-order valence-corrected chi connectivity index (χ1v) is 7.18. The Morgan fingerprint density at radius 1 is 1.24 bits per heavy atom. The highest BCUT2D eigenvalue weighted by molar-refractivity contribution is 5.53. The summed E-state index contributed by atoms with van der Waals surface area (Å²) in [4.78, 5) is 6.63. The van der Waals surface area contributed by atoms with Gasteiger partial charge in [0.05, 0.1) is 12.2 Å². The van der Waals surface area contributed by atoms with E-state index in [9.17, 15) is 0 Å². The van der Waals surface area contributed by atoms with Gasteiger partial charge in [0.1, 0.15) is 5.69 Å². The second-order valence-corrected chi connectivity index (χ2v) is 5.00. The molecule has 110 valence electrons. The Bertz CT molecular complexity index is 587. The summed E-state index contributed by atoms with van der Waals surface area (Å²) in [5.41, 5.74) is 1.63. The smallest absolute Gasteiger partial charge is 0.151 e. The van der Waals surface area contributed by atoms with Gasteiger partial charge >= 0.3 is 0 Å². The molecule has 2 aromatic heterocycles. The SMILES string of the molecule is C/C=N/N1CCN(Cc2cc(-c3ccccn3)no2)CC1. The van der Waals surface area contributed by atoms with Crippen LogP contribution in [-0.4, -0.2) is 52.4 Å². The van der Waals surface area contributed by atoms with Crippen molar-refractivity contribution in [3.63, 3.8) is 0 Å². The monoisotopic (exact) mass is 285 g/mol. The third kappa shape index (κ3) is 3.46. The van der Waals surface area contributed by atoms with Gasteiger partial charge in [-0.1, -0.05) is 11.2 Å². The second kappa shape index (κ2) is 6.49. The van der Waals surface area contributed by atoms with Gasteiger partial charge in [0.2, 0.25) is 0 Å². The van der Waals surface area contributed by atoms with Crippen LogP contribution in [0.3, 0.4) is 0 Å². The predicted molar refractivity (Wildman–Crippen MR) is 80.8 cm³/mol. The van der Waals surface area contributed by atoms with Gasteiger partial charge < -0.3 is 4.52 Å². The van der Waals surface area contributed by atoms with Crippen LogP contribution in [0, 0.1) is 0 Å². The highest BCUT2D eigenvalue weighted by atomic mass is 16.5. The molecule has 2 aromatic rings. The van der Waals surface area contributed by atoms with Crippen molar-refractivity contribution in [3.8, 4) is 11.4 Å². The van der Waals surface area contributed by atoms with Crippen LogP contribution in [0.2, 0.25) is 0 Å². The summed E-state index contributed by atoms with van der Waals surface area (Å²) in [7, 11) is 0. The minimum Gasteiger partial charge on any atom is -0.359 e. The Hall–Kier alpha value is -2.21. The van der Waals surface area contributed by atoms with Gasteiger partial charge in [-0.15, -0.1) is 0 Å². The molecule has 1 aliphatic rings. The number of rotatable bonds is 4. The molecule has 6 nitrogen and oxygen atoms in total. The van der Waals surface area contributed by atoms with Crippen molar-refractivity contribution in [1.29, 1.82) is 0 Å². The Kier molecular flexibility index (Phi) is 4.25. The summed E-state index contributed by atoms with van der Waals surface area (Å²) in [6, 6.07) is 7.75. The highest BCUT2D eigenvalue weighted by Crippen LogP contribution is 2.17. The summed E-state index contributed by atoms with van der Waals surface area (Å²) in [5, 5.41) is 10.5. The third-order valence-corrected chi connectivity index (χ3v) is 3.49. The van der Waals surface area contributed by atoms with Gasteiger partial charge in [-0.25, -0.2) is 0 Å². The van der Waals surface area contributed by atoms with Crippen molar-refractivity contribution in [3.05, 3.63) is 36.2 Å². The minimum atomic E-state index is 0.781. The van der Waals surface area contributed by atoms with Gasteiger partial charge in [0, 0.05) is 44.7 Å². The molecule has 0 aliphatic carbocycles. The van der Waals surface area contributed by atoms with Crippen molar-refractivity contribution in [2.24, 2.45) is 5.10 Å². The van der Waals surface area contributed by atoms with E-state index in [1.165, 1.54) is 0 Å². The number of hydrogen-bond acceptors (Lipinski definition) is 6. The quantitative estimate of drug-likeness (QED) is 0.803. The molecule has 0 amide bonds. The second-order valence-electron chi connectivity index (χ2n) is 5.00. The molecule has 1 fully saturated rings. The zero-order chi connectivity index (χ0) is 14.5. The maximum Gasteiger partial charge on any atom is 0.151 e. The van der Waals surface area contributed by atoms with E-state index in [1.54, 1.807) is 6.20 Å². The lowest BCUT2D eigenvalue weighted by molar-refractivity contribution is 0.122. The Labute approximate surface area is 124 Å². The predicted octanol–water partition coefficient (Wildman–Crippen LogP) is 1.86. The topological polar surface area (TPSA) is 57.8 Å². The van der Waals surface area contributed by atoms with Crippen LogP contribution in [0.5, 0.6) is 0 Å². The lowest BCUT2D eigenvalue weighted by atomic mass is 10.2. The average molecular weight is 285 g/mol. The molecular weight excluding hydrogens is 266 g/mol. The number of nitrogens with zero attached hydrogens (tertiary/aromatic N) is 5. The van der Waals surface area contributed by atoms with Crippen LogP contribution in [0.1, 0.15) is 12.7 Å². The summed E-state index contributed by atoms with van der Waals surface area (Å²) < 4.78 is 5.42. The molecule has 0 radical (unpaired) electrons. The Balaban J connectivity index is 1.58. The zero-order valence-electron chi connectivity index (χ0n) is 12.1. The number of aromatic nitrogens is 2. The van der Waals surface area contributed by atoms with E-state index in [1.807, 2.05) is 37.4 Å². The van der Waals surface area contributed by atoms with E-state index < -0.39 is 0 Å². The largest absolute Gasteiger partial charge is 0.359 e. The minimum absolute atomic E-state index is 0.781. The number of hydrogen-bond donors (Lipinski definition) is 0. The molecule has 3 rings (SSSR count). The normalized spacial score (nSPS) is 16.7. The maximum atomic E-state index is 5.42. The fourth-order valence-corrected chi connectivity index (χ4v) is 2.42. The molecule has 3 heterocycles. The van der Waals surface area contributed by atoms with Gasteiger partial charge in [-0.05, 0) is 19.1 Å². The fraction of sp³-hybridized carbons (Fsp3) is 0.400. The summed E-state index contributed by atoms with van der Waals surface area (Å²) >= 11 is 0. The molecule has 0 N–H and O–H groups in total. The van der Waals surface area contributed by atoms with E-state index in [0.717, 1.165) is 49.9 Å². The molecular formula is C15H19N5O. The summed E-state index contributed by atoms with van der Waals surface area (Å²) in [6.07, 6.45) is 3.60. The van der Waals surface area contributed by atoms with Gasteiger partial charge in [0.25, 0.3) is 0 Å². The summed E-state index contributed by atoms with van der Waals surface area (Å²) in [6.45, 7) is 6.59. The molecule has 0 aromatic carbocycles. The van der Waals surface area contributed by atoms with Crippen molar-refractivity contribution in [2.45, 2.75) is 13.5 Å². The lowest BCUT2D eigenvalue weighted by Crippen LogP contribution is -2.43. The molecule has 0 saturated carbocycles.